The summed E-state index contributed by atoms with van der Waals surface area (Å²) in [5, 5.41) is 80.0. The van der Waals surface area contributed by atoms with E-state index in [9.17, 15) is 97.5 Å². The fourth-order valence-corrected chi connectivity index (χ4v) is 15.7. The lowest BCUT2D eigenvalue weighted by Gasteiger charge is -2.39. The number of rotatable bonds is 57. The van der Waals surface area contributed by atoms with E-state index >= 15 is 0 Å². The summed E-state index contributed by atoms with van der Waals surface area (Å²) in [4.78, 5) is 201. The molecular weight excluding hydrogens is 1570 g/mol. The zero-order chi connectivity index (χ0) is 86.0. The van der Waals surface area contributed by atoms with Crippen LogP contribution in [0.5, 0.6) is 5.75 Å². The Morgan fingerprint density at radius 2 is 1.33 bits per heavy atom. The number of thiazole rings is 1. The van der Waals surface area contributed by atoms with Crippen LogP contribution in [0.1, 0.15) is 196 Å². The van der Waals surface area contributed by atoms with Gasteiger partial charge in [-0.2, -0.15) is 0 Å². The largest absolute Gasteiger partial charge is 0.508 e. The lowest BCUT2D eigenvalue weighted by atomic mass is 9.82. The second-order valence-electron chi connectivity index (χ2n) is 29.6. The number of amides is 9. The van der Waals surface area contributed by atoms with Gasteiger partial charge in [-0.3, -0.25) is 57.6 Å². The van der Waals surface area contributed by atoms with E-state index in [1.807, 2.05) is 32.7 Å². The van der Waals surface area contributed by atoms with Gasteiger partial charge in [-0.1, -0.05) is 126 Å². The van der Waals surface area contributed by atoms with Crippen LogP contribution in [-0.4, -0.2) is 235 Å². The molecule has 1 aromatic heterocycles. The molecule has 1 fully saturated rings. The normalized spacial score (nSPS) is 15.4. The summed E-state index contributed by atoms with van der Waals surface area (Å²) in [7, 11) is 3.97. The molecule has 116 heavy (non-hydrogen) atoms. The summed E-state index contributed by atoms with van der Waals surface area (Å²) >= 11 is 1.32. The predicted molar refractivity (Wildman–Crippen MR) is 433 cm³/mol. The van der Waals surface area contributed by atoms with Crippen molar-refractivity contribution >= 4 is 122 Å². The number of carboxylic acids is 5. The Labute approximate surface area is 688 Å². The van der Waals surface area contributed by atoms with Crippen molar-refractivity contribution in [2.75, 3.05) is 64.7 Å². The van der Waals surface area contributed by atoms with Gasteiger partial charge >= 0.3 is 47.9 Å². The van der Waals surface area contributed by atoms with E-state index in [0.29, 0.717) is 48.4 Å². The number of hydrogen-bond donors (Lipinski definition) is 14. The standard InChI is InChI=1S/C79H117N11O23S3/c1-9-11-31-112-46-90(75(105)57(48(5)10-2)40-65(93)62-18-13-15-30-89(62)8)63(47(3)4)35-50(7)74-87-60(44-114-74)73(104)84-55(36-51-24-26-56(91)27-25-51)34-49(6)71(102)82-43-70(101)113-32-33-115-116-45-61(77(108)109)86-72(103)54(39-68(97)98)38-64(92)59(41-69(99)100)85-66(94)37-52-20-22-53(23-21-52)42-83-78(110)80-28-14-12-17-58(76(106)107)88-79(111)81-29-16-19-67(95)96/h20-27,44,47-50,54-55,57-59,61-63,91H,9-19,28-43,45-46H2,1-8H3,(H,82,102)(H,84,104)(H,85,94)(H,86,103)(H,95,96)(H,97,98)(H,99,100)(H,106,107)(H,108,109)(H2,80,83,110)(H2,81,88,111)/t48?,49-,50+,54-,55+,57-,58-,59-,61-,62+,63+/m0/s1. The van der Waals surface area contributed by atoms with E-state index in [0.717, 1.165) is 65.8 Å². The maximum atomic E-state index is 15.0. The number of aromatic nitrogens is 1. The molecule has 0 radical (unpaired) electrons. The number of unbranched alkanes of at least 4 members (excludes halogenated alkanes) is 2. The second kappa shape index (κ2) is 53.0. The molecule has 1 aliphatic rings. The number of ketones is 2. The number of phenols is 1. The Balaban J connectivity index is 1.25. The highest BCUT2D eigenvalue weighted by Gasteiger charge is 2.39. The molecule has 34 nitrogen and oxygen atoms in total. The van der Waals surface area contributed by atoms with Gasteiger partial charge in [-0.15, -0.1) is 11.3 Å². The van der Waals surface area contributed by atoms with Crippen LogP contribution in [0, 0.1) is 29.6 Å². The number of benzene rings is 2. The first kappa shape index (κ1) is 98.9. The van der Waals surface area contributed by atoms with Gasteiger partial charge < -0.3 is 87.5 Å². The van der Waals surface area contributed by atoms with Crippen molar-refractivity contribution in [1.82, 2.24) is 57.3 Å². The van der Waals surface area contributed by atoms with Crippen LogP contribution in [0.15, 0.2) is 53.9 Å². The smallest absolute Gasteiger partial charge is 0.327 e. The first-order valence-corrected chi connectivity index (χ1v) is 42.7. The van der Waals surface area contributed by atoms with E-state index in [2.05, 4.69) is 68.2 Å². The van der Waals surface area contributed by atoms with Crippen LogP contribution in [0.4, 0.5) is 9.59 Å². The molecule has 2 aromatic carbocycles. The van der Waals surface area contributed by atoms with Crippen molar-refractivity contribution in [2.45, 2.75) is 219 Å². The molecular formula is C79H117N11O23S3. The Morgan fingerprint density at radius 1 is 0.664 bits per heavy atom. The number of Topliss-reactive ketones (excluding diaryl/α,β-unsaturated/α-hetero) is 2. The lowest BCUT2D eigenvalue weighted by molar-refractivity contribution is -0.151. The fraction of sp³-hybridized carbons (Fsp3) is 0.620. The molecule has 0 aliphatic carbocycles. The number of ether oxygens (including phenoxy) is 2. The summed E-state index contributed by atoms with van der Waals surface area (Å²) in [6.07, 6.45) is 3.75. The number of carbonyl (C=O) groups excluding carboxylic acids is 10. The minimum absolute atomic E-state index is 0.0158. The molecule has 0 saturated carbocycles. The first-order chi connectivity index (χ1) is 55.1. The van der Waals surface area contributed by atoms with Gasteiger partial charge in [0, 0.05) is 92.2 Å². The topological polar surface area (TPSA) is 511 Å². The van der Waals surface area contributed by atoms with Crippen molar-refractivity contribution in [3.8, 4) is 5.75 Å². The molecule has 9 amide bonds. The number of hydrogen-bond acceptors (Lipinski definition) is 23. The number of piperidine rings is 1. The van der Waals surface area contributed by atoms with Crippen LogP contribution in [0.3, 0.4) is 0 Å². The monoisotopic (exact) mass is 1680 g/mol. The van der Waals surface area contributed by atoms with E-state index in [1.54, 1.807) is 36.6 Å². The highest BCUT2D eigenvalue weighted by molar-refractivity contribution is 8.76. The van der Waals surface area contributed by atoms with Crippen molar-refractivity contribution < 1.29 is 112 Å². The van der Waals surface area contributed by atoms with Crippen LogP contribution in [0.25, 0.3) is 0 Å². The Morgan fingerprint density at radius 3 is 1.97 bits per heavy atom. The van der Waals surface area contributed by atoms with E-state index in [-0.39, 0.29) is 142 Å². The zero-order valence-corrected chi connectivity index (χ0v) is 69.8. The Kier molecular flexibility index (Phi) is 45.2. The molecule has 2 heterocycles. The summed E-state index contributed by atoms with van der Waals surface area (Å²) in [6, 6.07) is 5.57. The molecule has 1 unspecified atom stereocenters. The highest BCUT2D eigenvalue weighted by atomic mass is 33.1. The number of carbonyl (C=O) groups is 15. The molecule has 1 saturated heterocycles. The van der Waals surface area contributed by atoms with Crippen LogP contribution >= 0.6 is 32.9 Å². The fourth-order valence-electron chi connectivity index (χ4n) is 12.9. The molecule has 14 N–H and O–H groups in total. The quantitative estimate of drug-likeness (QED) is 0.0118. The number of likely N-dealkylation sites (tertiary alicyclic amines) is 1. The van der Waals surface area contributed by atoms with Crippen LogP contribution < -0.4 is 42.5 Å². The molecule has 1 aliphatic heterocycles. The van der Waals surface area contributed by atoms with E-state index < -0.39 is 145 Å². The highest BCUT2D eigenvalue weighted by Crippen LogP contribution is 2.33. The number of nitrogens with zero attached hydrogens (tertiary/aromatic N) is 3. The first-order valence-electron chi connectivity index (χ1n) is 39.3. The minimum Gasteiger partial charge on any atom is -0.508 e. The number of urea groups is 2. The summed E-state index contributed by atoms with van der Waals surface area (Å²) in [5.41, 5.74) is 1.90. The number of aliphatic carboxylic acids is 5. The molecule has 0 spiro atoms. The lowest BCUT2D eigenvalue weighted by Crippen LogP contribution is -2.50. The molecule has 0 bridgehead atoms. The van der Waals surface area contributed by atoms with Gasteiger partial charge in [0.15, 0.2) is 11.6 Å². The van der Waals surface area contributed by atoms with Crippen LogP contribution in [-0.2, 0) is 86.4 Å². The SMILES string of the molecule is CCCCOCN(C(=O)[C@@H](CC(=O)[C@H]1CCCCN1C)C(C)CC)[C@H](C[C@@H](C)c1nc(C(=O)N[C@@H](Cc2ccc(O)cc2)C[C@H](C)C(=O)NCC(=O)OCCSSC[C@H](NC(=O)[C@H](CC(=O)O)CC(=O)[C@H](CC(=O)O)NC(=O)Cc2ccc(CNC(=O)NCCCC[C@H](NC(=O)NCCCC(=O)O)C(=O)O)cc2)C(=O)O)cs1)C(C)C. The van der Waals surface area contributed by atoms with Crippen LogP contribution in [0.2, 0.25) is 0 Å². The molecule has 4 rings (SSSR count). The minimum atomic E-state index is -1.74. The number of nitrogens with one attached hydrogen (secondary N) is 8. The second-order valence-corrected chi connectivity index (χ2v) is 33.1. The van der Waals surface area contributed by atoms with E-state index in [1.165, 1.54) is 35.6 Å². The van der Waals surface area contributed by atoms with Crippen molar-refractivity contribution in [3.05, 3.63) is 81.3 Å². The van der Waals surface area contributed by atoms with Gasteiger partial charge in [0.2, 0.25) is 23.6 Å². The Hall–Kier alpha value is -9.46. The molecule has 11 atom stereocenters. The third-order valence-electron chi connectivity index (χ3n) is 19.8. The summed E-state index contributed by atoms with van der Waals surface area (Å²) in [6.45, 7) is 14.8. The van der Waals surface area contributed by atoms with Crippen molar-refractivity contribution in [3.63, 3.8) is 0 Å². The van der Waals surface area contributed by atoms with Gasteiger partial charge in [-0.05, 0) is 118 Å². The molecule has 3 aromatic rings. The van der Waals surface area contributed by atoms with Gasteiger partial charge in [0.05, 0.1) is 42.3 Å². The average molecular weight is 1690 g/mol. The number of carboxylic acid groups (broad SMARTS) is 5. The predicted octanol–water partition coefficient (Wildman–Crippen LogP) is 6.89. The summed E-state index contributed by atoms with van der Waals surface area (Å²) in [5.74, 6) is -15.2. The molecule has 644 valence electrons. The van der Waals surface area contributed by atoms with Crippen molar-refractivity contribution in [2.24, 2.45) is 29.6 Å². The maximum absolute atomic E-state index is 15.0. The average Bonchev–Trinajstić information content (AvgIpc) is 1.25. The number of aromatic hydroxyl groups is 1. The summed E-state index contributed by atoms with van der Waals surface area (Å²) < 4.78 is 11.5. The van der Waals surface area contributed by atoms with Gasteiger partial charge in [0.25, 0.3) is 5.91 Å². The van der Waals surface area contributed by atoms with E-state index in [4.69, 9.17) is 19.6 Å². The number of phenolic OH excluding ortho intramolecular Hbond substituents is 1. The Bertz CT molecular complexity index is 3720. The number of esters is 1. The number of likely N-dealkylation sites (N-methyl/N-ethyl adjacent to an activating group) is 1. The van der Waals surface area contributed by atoms with Gasteiger partial charge in [0.1, 0.15) is 43.4 Å². The third kappa shape index (κ3) is 37.6. The van der Waals surface area contributed by atoms with Gasteiger partial charge in [-0.25, -0.2) is 24.2 Å². The van der Waals surface area contributed by atoms with Crippen molar-refractivity contribution in [1.29, 1.82) is 0 Å². The molecule has 37 heteroatoms. The maximum Gasteiger partial charge on any atom is 0.327 e. The third-order valence-corrected chi connectivity index (χ3v) is 23.2. The zero-order valence-electron chi connectivity index (χ0n) is 67.3.